The summed E-state index contributed by atoms with van der Waals surface area (Å²) in [5.41, 5.74) is 9.19. The topological polar surface area (TPSA) is 31.4 Å². The van der Waals surface area contributed by atoms with Crippen LogP contribution >= 0.6 is 0 Å². The summed E-state index contributed by atoms with van der Waals surface area (Å²) in [6, 6.07) is 23.8. The molecule has 0 saturated carbocycles. The minimum atomic E-state index is -1.15. The van der Waals surface area contributed by atoms with Crippen molar-refractivity contribution in [1.29, 1.82) is 0 Å². The van der Waals surface area contributed by atoms with Gasteiger partial charge in [0.05, 0.1) is 13.2 Å². The third-order valence-corrected chi connectivity index (χ3v) is 7.70. The summed E-state index contributed by atoms with van der Waals surface area (Å²) in [6.45, 7) is 0.915. The van der Waals surface area contributed by atoms with E-state index in [0.29, 0.717) is 13.2 Å². The molecule has 3 aliphatic rings. The van der Waals surface area contributed by atoms with Crippen LogP contribution in [-0.2, 0) is 28.1 Å². The van der Waals surface area contributed by atoms with Gasteiger partial charge in [-0.2, -0.15) is 0 Å². The standard InChI is InChI=1S/C32H26FNO2/c33-24-14-12-23(13-15-24)32(35-19-20-36-32)31-29(9-4-18-34-31)27-8-3-6-22-11-16-26-25-7-2-1-5-21(25)10-17-28(26)30(22)27/h1-2,4-5,7,9,11-18H,3,6,8,10,19-20H2. The van der Waals surface area contributed by atoms with Crippen molar-refractivity contribution in [2.45, 2.75) is 31.5 Å². The molecule has 1 aliphatic heterocycles. The van der Waals surface area contributed by atoms with E-state index in [1.807, 2.05) is 6.07 Å². The Morgan fingerprint density at radius 2 is 1.56 bits per heavy atom. The molecule has 4 aromatic rings. The number of aromatic nitrogens is 1. The van der Waals surface area contributed by atoms with Crippen LogP contribution in [0.2, 0.25) is 0 Å². The predicted octanol–water partition coefficient (Wildman–Crippen LogP) is 5.01. The Balaban J connectivity index is 1.51. The number of nitrogens with zero attached hydrogens (tertiary/aromatic N) is 1. The summed E-state index contributed by atoms with van der Waals surface area (Å²) in [4.78, 5) is 4.85. The first-order chi connectivity index (χ1) is 17.7. The van der Waals surface area contributed by atoms with Crippen LogP contribution in [0.4, 0.5) is 4.39 Å². The molecule has 3 nitrogen and oxygen atoms in total. The summed E-state index contributed by atoms with van der Waals surface area (Å²) in [5, 5.41) is 2.65. The van der Waals surface area contributed by atoms with Crippen LogP contribution < -0.4 is 10.4 Å². The maximum Gasteiger partial charge on any atom is 0.240 e. The predicted molar refractivity (Wildman–Crippen MR) is 138 cm³/mol. The summed E-state index contributed by atoms with van der Waals surface area (Å²) in [6.07, 6.45) is 8.21. The molecule has 0 atom stereocenters. The molecule has 1 fully saturated rings. The normalized spacial score (nSPS) is 17.6. The van der Waals surface area contributed by atoms with Crippen molar-refractivity contribution in [2.75, 3.05) is 13.2 Å². The quantitative estimate of drug-likeness (QED) is 0.418. The molecule has 178 valence electrons. The number of benzene rings is 3. The van der Waals surface area contributed by atoms with Crippen LogP contribution in [0.5, 0.6) is 0 Å². The lowest BCUT2D eigenvalue weighted by Gasteiger charge is -2.30. The van der Waals surface area contributed by atoms with Gasteiger partial charge in [-0.3, -0.25) is 4.98 Å². The lowest BCUT2D eigenvalue weighted by molar-refractivity contribution is -0.133. The van der Waals surface area contributed by atoms with Gasteiger partial charge in [0.2, 0.25) is 5.79 Å². The van der Waals surface area contributed by atoms with Crippen LogP contribution in [0.3, 0.4) is 0 Å². The first kappa shape index (κ1) is 21.7. The Hall–Kier alpha value is -3.60. The van der Waals surface area contributed by atoms with Crippen molar-refractivity contribution in [3.8, 4) is 11.1 Å². The van der Waals surface area contributed by atoms with Gasteiger partial charge in [0.1, 0.15) is 11.5 Å². The SMILES string of the molecule is Fc1ccc(C2(c3ncccc3C3=c4c(ccc5c4=CCc4ccccc4-5)CCC3)OCCO2)cc1. The molecular weight excluding hydrogens is 449 g/mol. The van der Waals surface area contributed by atoms with Gasteiger partial charge in [0, 0.05) is 17.3 Å². The highest BCUT2D eigenvalue weighted by Gasteiger charge is 2.44. The third-order valence-electron chi connectivity index (χ3n) is 7.70. The van der Waals surface area contributed by atoms with Gasteiger partial charge < -0.3 is 9.47 Å². The summed E-state index contributed by atoms with van der Waals surface area (Å²) < 4.78 is 26.4. The second kappa shape index (κ2) is 8.51. The minimum absolute atomic E-state index is 0.286. The van der Waals surface area contributed by atoms with Crippen molar-refractivity contribution in [3.63, 3.8) is 0 Å². The fourth-order valence-corrected chi connectivity index (χ4v) is 6.13. The number of rotatable bonds is 3. The highest BCUT2D eigenvalue weighted by Crippen LogP contribution is 2.41. The number of aryl methyl sites for hydroxylation is 1. The molecule has 1 aromatic heterocycles. The summed E-state index contributed by atoms with van der Waals surface area (Å²) in [7, 11) is 0. The fourth-order valence-electron chi connectivity index (χ4n) is 6.13. The molecule has 2 heterocycles. The molecule has 0 bridgehead atoms. The van der Waals surface area contributed by atoms with Gasteiger partial charge in [0.15, 0.2) is 0 Å². The van der Waals surface area contributed by atoms with E-state index >= 15 is 0 Å². The second-order valence-corrected chi connectivity index (χ2v) is 9.68. The van der Waals surface area contributed by atoms with Gasteiger partial charge >= 0.3 is 0 Å². The molecule has 3 aromatic carbocycles. The average Bonchev–Trinajstić information content (AvgIpc) is 3.44. The molecule has 0 unspecified atom stereocenters. The molecule has 4 heteroatoms. The Morgan fingerprint density at radius 1 is 0.750 bits per heavy atom. The van der Waals surface area contributed by atoms with Crippen molar-refractivity contribution in [2.24, 2.45) is 0 Å². The van der Waals surface area contributed by atoms with E-state index in [1.54, 1.807) is 18.3 Å². The Kier molecular flexibility index (Phi) is 5.12. The van der Waals surface area contributed by atoms with Gasteiger partial charge in [-0.25, -0.2) is 4.39 Å². The molecule has 1 saturated heterocycles. The number of ether oxygens (including phenoxy) is 2. The number of hydrogen-bond donors (Lipinski definition) is 0. The van der Waals surface area contributed by atoms with E-state index in [2.05, 4.69) is 48.5 Å². The molecule has 0 radical (unpaired) electrons. The third kappa shape index (κ3) is 3.29. The van der Waals surface area contributed by atoms with E-state index in [1.165, 1.54) is 50.4 Å². The smallest absolute Gasteiger partial charge is 0.240 e. The van der Waals surface area contributed by atoms with Gasteiger partial charge in [-0.05, 0) is 82.1 Å². The van der Waals surface area contributed by atoms with Crippen molar-refractivity contribution in [1.82, 2.24) is 4.98 Å². The molecule has 2 aliphatic carbocycles. The van der Waals surface area contributed by atoms with E-state index in [4.69, 9.17) is 14.5 Å². The minimum Gasteiger partial charge on any atom is -0.339 e. The van der Waals surface area contributed by atoms with Gasteiger partial charge in [0.25, 0.3) is 0 Å². The second-order valence-electron chi connectivity index (χ2n) is 9.68. The van der Waals surface area contributed by atoms with E-state index in [0.717, 1.165) is 42.5 Å². The van der Waals surface area contributed by atoms with Crippen molar-refractivity contribution < 1.29 is 13.9 Å². The largest absolute Gasteiger partial charge is 0.339 e. The average molecular weight is 476 g/mol. The fraction of sp³-hybridized carbons (Fsp3) is 0.219. The van der Waals surface area contributed by atoms with Crippen LogP contribution in [0.25, 0.3) is 22.8 Å². The number of hydrogen-bond acceptors (Lipinski definition) is 3. The van der Waals surface area contributed by atoms with E-state index < -0.39 is 5.79 Å². The molecule has 0 amide bonds. The zero-order chi connectivity index (χ0) is 24.1. The maximum atomic E-state index is 13.8. The summed E-state index contributed by atoms with van der Waals surface area (Å²) in [5.74, 6) is -1.44. The Bertz CT molecular complexity index is 1600. The van der Waals surface area contributed by atoms with E-state index in [9.17, 15) is 4.39 Å². The number of fused-ring (bicyclic) bond motifs is 5. The summed E-state index contributed by atoms with van der Waals surface area (Å²) >= 11 is 0. The molecule has 0 N–H and O–H groups in total. The van der Waals surface area contributed by atoms with Crippen LogP contribution in [0.1, 0.15) is 40.8 Å². The lowest BCUT2D eigenvalue weighted by Crippen LogP contribution is -2.38. The first-order valence-electron chi connectivity index (χ1n) is 12.7. The monoisotopic (exact) mass is 475 g/mol. The zero-order valence-electron chi connectivity index (χ0n) is 20.0. The molecule has 36 heavy (non-hydrogen) atoms. The van der Waals surface area contributed by atoms with Crippen LogP contribution in [0, 0.1) is 5.82 Å². The Morgan fingerprint density at radius 3 is 2.42 bits per heavy atom. The Labute approximate surface area is 209 Å². The first-order valence-corrected chi connectivity index (χ1v) is 12.7. The van der Waals surface area contributed by atoms with Crippen LogP contribution in [-0.4, -0.2) is 18.2 Å². The van der Waals surface area contributed by atoms with Crippen LogP contribution in [0.15, 0.2) is 79.0 Å². The highest BCUT2D eigenvalue weighted by molar-refractivity contribution is 5.77. The zero-order valence-corrected chi connectivity index (χ0v) is 20.0. The lowest BCUT2D eigenvalue weighted by atomic mass is 9.82. The molecular formula is C32H26FNO2. The molecule has 7 rings (SSSR count). The number of pyridine rings is 1. The highest BCUT2D eigenvalue weighted by atomic mass is 19.1. The number of halogens is 1. The van der Waals surface area contributed by atoms with Gasteiger partial charge in [-0.1, -0.05) is 60.7 Å². The van der Waals surface area contributed by atoms with E-state index in [-0.39, 0.29) is 5.82 Å². The maximum absolute atomic E-state index is 13.8. The van der Waals surface area contributed by atoms with Crippen molar-refractivity contribution in [3.05, 3.63) is 123 Å². The molecule has 0 spiro atoms. The van der Waals surface area contributed by atoms with Gasteiger partial charge in [-0.15, -0.1) is 0 Å². The van der Waals surface area contributed by atoms with Crippen molar-refractivity contribution >= 4 is 11.6 Å².